The first-order valence-electron chi connectivity index (χ1n) is 7.64. The number of aromatic nitrogens is 2. The fourth-order valence-electron chi connectivity index (χ4n) is 2.28. The normalized spacial score (nSPS) is 10.5. The molecule has 1 amide bonds. The van der Waals surface area contributed by atoms with E-state index in [1.807, 2.05) is 17.5 Å². The average Bonchev–Trinajstić information content (AvgIpc) is 3.10. The second-order valence-corrected chi connectivity index (χ2v) is 6.57. The Bertz CT molecular complexity index is 868. The monoisotopic (exact) mass is 373 g/mol. The number of carbonyl (C=O) groups excluding carboxylic acids is 1. The van der Waals surface area contributed by atoms with Crippen LogP contribution in [0.15, 0.2) is 48.1 Å². The molecule has 2 aromatic heterocycles. The molecule has 0 bridgehead atoms. The Morgan fingerprint density at radius 1 is 1.36 bits per heavy atom. The molecule has 0 radical (unpaired) electrons. The standard InChI is InChI=1S/C18H16ClN3O2S/c1-24-16-6-4-13(19)9-15(16)22-17(23)7-5-14-11-25-18(21-14)12-3-2-8-20-10-12/h2-4,6,8-11H,5,7H2,1H3,(H,22,23). The van der Waals surface area contributed by atoms with E-state index in [1.165, 1.54) is 0 Å². The SMILES string of the molecule is COc1ccc(Cl)cc1NC(=O)CCc1csc(-c2cccnc2)n1. The Kier molecular flexibility index (Phi) is 5.63. The fraction of sp³-hybridized carbons (Fsp3) is 0.167. The maximum atomic E-state index is 12.2. The van der Waals surface area contributed by atoms with Crippen LogP contribution in [0.5, 0.6) is 5.75 Å². The first kappa shape index (κ1) is 17.4. The molecule has 0 saturated carbocycles. The third kappa shape index (κ3) is 4.55. The molecule has 1 N–H and O–H groups in total. The predicted molar refractivity (Wildman–Crippen MR) is 100 cm³/mol. The lowest BCUT2D eigenvalue weighted by Gasteiger charge is -2.10. The van der Waals surface area contributed by atoms with E-state index in [2.05, 4.69) is 15.3 Å². The number of ether oxygens (including phenoxy) is 1. The molecule has 7 heteroatoms. The molecule has 3 rings (SSSR count). The summed E-state index contributed by atoms with van der Waals surface area (Å²) < 4.78 is 5.23. The Labute approximate surface area is 154 Å². The van der Waals surface area contributed by atoms with Crippen molar-refractivity contribution in [3.63, 3.8) is 0 Å². The van der Waals surface area contributed by atoms with Crippen molar-refractivity contribution in [1.82, 2.24) is 9.97 Å². The van der Waals surface area contributed by atoms with Gasteiger partial charge in [0.2, 0.25) is 5.91 Å². The third-order valence-electron chi connectivity index (χ3n) is 3.50. The van der Waals surface area contributed by atoms with Gasteiger partial charge in [0.25, 0.3) is 0 Å². The highest BCUT2D eigenvalue weighted by atomic mass is 35.5. The van der Waals surface area contributed by atoms with Crippen LogP contribution in [0.1, 0.15) is 12.1 Å². The van der Waals surface area contributed by atoms with Gasteiger partial charge in [-0.15, -0.1) is 11.3 Å². The van der Waals surface area contributed by atoms with Crippen molar-refractivity contribution in [2.75, 3.05) is 12.4 Å². The van der Waals surface area contributed by atoms with Crippen LogP contribution in [0, 0.1) is 0 Å². The van der Waals surface area contributed by atoms with Crippen molar-refractivity contribution in [2.45, 2.75) is 12.8 Å². The van der Waals surface area contributed by atoms with E-state index >= 15 is 0 Å². The number of thiazole rings is 1. The summed E-state index contributed by atoms with van der Waals surface area (Å²) in [6, 6.07) is 8.95. The molecule has 0 unspecified atom stereocenters. The van der Waals surface area contributed by atoms with Crippen LogP contribution in [0.3, 0.4) is 0 Å². The van der Waals surface area contributed by atoms with Gasteiger partial charge in [-0.3, -0.25) is 9.78 Å². The van der Waals surface area contributed by atoms with Gasteiger partial charge in [0.15, 0.2) is 0 Å². The minimum absolute atomic E-state index is 0.114. The molecule has 0 spiro atoms. The van der Waals surface area contributed by atoms with Gasteiger partial charge < -0.3 is 10.1 Å². The van der Waals surface area contributed by atoms with Gasteiger partial charge in [0, 0.05) is 34.8 Å². The zero-order chi connectivity index (χ0) is 17.6. The summed E-state index contributed by atoms with van der Waals surface area (Å²) in [7, 11) is 1.55. The predicted octanol–water partition coefficient (Wildman–Crippen LogP) is 4.44. The van der Waals surface area contributed by atoms with Crippen LogP contribution in [0.2, 0.25) is 5.02 Å². The second kappa shape index (κ2) is 8.09. The second-order valence-electron chi connectivity index (χ2n) is 5.28. The highest BCUT2D eigenvalue weighted by molar-refractivity contribution is 7.13. The Morgan fingerprint density at radius 2 is 2.24 bits per heavy atom. The van der Waals surface area contributed by atoms with E-state index < -0.39 is 0 Å². The van der Waals surface area contributed by atoms with Crippen molar-refractivity contribution in [3.8, 4) is 16.3 Å². The fourth-order valence-corrected chi connectivity index (χ4v) is 3.29. The lowest BCUT2D eigenvalue weighted by atomic mass is 10.2. The van der Waals surface area contributed by atoms with Crippen molar-refractivity contribution >= 4 is 34.5 Å². The number of carbonyl (C=O) groups is 1. The molecule has 0 atom stereocenters. The molecule has 0 aliphatic carbocycles. The van der Waals surface area contributed by atoms with Crippen LogP contribution in [0.4, 0.5) is 5.69 Å². The summed E-state index contributed by atoms with van der Waals surface area (Å²) in [5, 5.41) is 6.24. The first-order chi connectivity index (χ1) is 12.2. The van der Waals surface area contributed by atoms with Gasteiger partial charge in [0.05, 0.1) is 18.5 Å². The van der Waals surface area contributed by atoms with Gasteiger partial charge in [0.1, 0.15) is 10.8 Å². The van der Waals surface area contributed by atoms with Crippen LogP contribution in [-0.4, -0.2) is 23.0 Å². The van der Waals surface area contributed by atoms with Crippen LogP contribution >= 0.6 is 22.9 Å². The molecule has 0 fully saturated rings. The summed E-state index contributed by atoms with van der Waals surface area (Å²) in [5.41, 5.74) is 2.43. The van der Waals surface area contributed by atoms with Crippen LogP contribution < -0.4 is 10.1 Å². The number of methoxy groups -OCH3 is 1. The average molecular weight is 374 g/mol. The summed E-state index contributed by atoms with van der Waals surface area (Å²) in [6.45, 7) is 0. The number of benzene rings is 1. The molecule has 128 valence electrons. The Morgan fingerprint density at radius 3 is 3.00 bits per heavy atom. The molecule has 0 saturated heterocycles. The number of pyridine rings is 1. The quantitative estimate of drug-likeness (QED) is 0.693. The van der Waals surface area contributed by atoms with E-state index in [0.29, 0.717) is 29.3 Å². The van der Waals surface area contributed by atoms with Gasteiger partial charge in [-0.25, -0.2) is 4.98 Å². The number of amides is 1. The molecule has 0 aliphatic heterocycles. The van der Waals surface area contributed by atoms with E-state index in [0.717, 1.165) is 16.3 Å². The number of halogens is 1. The third-order valence-corrected chi connectivity index (χ3v) is 4.68. The maximum absolute atomic E-state index is 12.2. The van der Waals surface area contributed by atoms with Crippen molar-refractivity contribution in [3.05, 3.63) is 58.8 Å². The van der Waals surface area contributed by atoms with E-state index in [9.17, 15) is 4.79 Å². The van der Waals surface area contributed by atoms with Crippen molar-refractivity contribution < 1.29 is 9.53 Å². The highest BCUT2D eigenvalue weighted by Gasteiger charge is 2.10. The molecule has 0 aliphatic rings. The molecule has 1 aromatic carbocycles. The van der Waals surface area contributed by atoms with E-state index in [1.54, 1.807) is 49.0 Å². The number of anilines is 1. The maximum Gasteiger partial charge on any atom is 0.224 e. The minimum atomic E-state index is -0.114. The zero-order valence-corrected chi connectivity index (χ0v) is 15.1. The van der Waals surface area contributed by atoms with Crippen LogP contribution in [0.25, 0.3) is 10.6 Å². The first-order valence-corrected chi connectivity index (χ1v) is 8.89. The smallest absolute Gasteiger partial charge is 0.224 e. The van der Waals surface area contributed by atoms with Gasteiger partial charge in [-0.2, -0.15) is 0 Å². The Balaban J connectivity index is 1.60. The molecule has 3 aromatic rings. The van der Waals surface area contributed by atoms with E-state index in [4.69, 9.17) is 16.3 Å². The van der Waals surface area contributed by atoms with Crippen molar-refractivity contribution in [1.29, 1.82) is 0 Å². The summed E-state index contributed by atoms with van der Waals surface area (Å²) in [5.74, 6) is 0.460. The number of rotatable bonds is 6. The molecule has 25 heavy (non-hydrogen) atoms. The van der Waals surface area contributed by atoms with Crippen LogP contribution in [-0.2, 0) is 11.2 Å². The number of hydrogen-bond acceptors (Lipinski definition) is 5. The van der Waals surface area contributed by atoms with Gasteiger partial charge in [-0.05, 0) is 36.8 Å². The molecular weight excluding hydrogens is 358 g/mol. The zero-order valence-electron chi connectivity index (χ0n) is 13.5. The molecular formula is C18H16ClN3O2S. The Hall–Kier alpha value is -2.44. The lowest BCUT2D eigenvalue weighted by Crippen LogP contribution is -2.13. The molecule has 2 heterocycles. The topological polar surface area (TPSA) is 64.1 Å². The lowest BCUT2D eigenvalue weighted by molar-refractivity contribution is -0.116. The summed E-state index contributed by atoms with van der Waals surface area (Å²) >= 11 is 7.52. The number of nitrogens with one attached hydrogen (secondary N) is 1. The largest absolute Gasteiger partial charge is 0.495 e. The van der Waals surface area contributed by atoms with Gasteiger partial charge in [-0.1, -0.05) is 11.6 Å². The number of hydrogen-bond donors (Lipinski definition) is 1. The van der Waals surface area contributed by atoms with Gasteiger partial charge >= 0.3 is 0 Å². The number of nitrogens with zero attached hydrogens (tertiary/aromatic N) is 2. The van der Waals surface area contributed by atoms with Crippen molar-refractivity contribution in [2.24, 2.45) is 0 Å². The minimum Gasteiger partial charge on any atom is -0.495 e. The highest BCUT2D eigenvalue weighted by Crippen LogP contribution is 2.28. The van der Waals surface area contributed by atoms with E-state index in [-0.39, 0.29) is 5.91 Å². The molecule has 5 nitrogen and oxygen atoms in total. The summed E-state index contributed by atoms with van der Waals surface area (Å²) in [4.78, 5) is 20.9. The summed E-state index contributed by atoms with van der Waals surface area (Å²) in [6.07, 6.45) is 4.39. The number of aryl methyl sites for hydroxylation is 1.